The Morgan fingerprint density at radius 3 is 1.73 bits per heavy atom. The van der Waals surface area contributed by atoms with Gasteiger partial charge in [-0.05, 0) is 114 Å². The summed E-state index contributed by atoms with van der Waals surface area (Å²) in [6.07, 6.45) is -1.43. The number of phenols is 1. The SMILES string of the molecule is CC(C)C[C@@H]1NC(=O)[C@H](Cc2ccc(O)cc2)NC(=O)CSC[C@@H](C(N)=O)NC(=O)CNC(=O)CNC(=O)[C@H](CCC(N)=O)NC(=O)[C@H](C)NC(=O)[C@H]([C@@H](C)O)NC(=O)[C@@H]2CCCN2C(=O)[C@H](CCCCN)NC(=O)[C@H](CC(C)C)NC(=O)[C@H](CCCN=C(N)N)NC1=O. The average molecular weight is 1350 g/mol. The number of rotatable bonds is 19. The van der Waals surface area contributed by atoms with Gasteiger partial charge in [-0.2, -0.15) is 0 Å². The van der Waals surface area contributed by atoms with Crippen LogP contribution in [0.1, 0.15) is 118 Å². The van der Waals surface area contributed by atoms with Crippen molar-refractivity contribution in [2.45, 2.75) is 185 Å². The van der Waals surface area contributed by atoms with Crippen LogP contribution in [-0.2, 0) is 73.5 Å². The van der Waals surface area contributed by atoms with Gasteiger partial charge < -0.3 is 102 Å². The number of primary amides is 2. The topological polar surface area (TPSA) is 557 Å². The van der Waals surface area contributed by atoms with Gasteiger partial charge in [0.1, 0.15) is 66.2 Å². The first kappa shape index (κ1) is 79.4. The maximum absolute atomic E-state index is 14.7. The van der Waals surface area contributed by atoms with Crippen LogP contribution in [0.4, 0.5) is 0 Å². The fourth-order valence-electron chi connectivity index (χ4n) is 9.95. The fraction of sp³-hybridized carbons (Fsp3) is 0.644. The van der Waals surface area contributed by atoms with Crippen molar-refractivity contribution in [3.63, 3.8) is 0 Å². The van der Waals surface area contributed by atoms with Crippen LogP contribution >= 0.6 is 11.8 Å². The molecule has 11 atom stereocenters. The van der Waals surface area contributed by atoms with Crippen molar-refractivity contribution in [3.05, 3.63) is 29.8 Å². The molecule has 0 aromatic heterocycles. The lowest BCUT2D eigenvalue weighted by molar-refractivity contribution is -0.143. The maximum Gasteiger partial charge on any atom is 0.245 e. The van der Waals surface area contributed by atoms with Crippen LogP contribution < -0.4 is 87.2 Å². The summed E-state index contributed by atoms with van der Waals surface area (Å²) in [6.45, 7) is 8.20. The van der Waals surface area contributed by atoms with Gasteiger partial charge in [-0.15, -0.1) is 11.8 Å². The maximum atomic E-state index is 14.7. The van der Waals surface area contributed by atoms with E-state index in [9.17, 15) is 77.3 Å². The number of aliphatic hydroxyl groups is 1. The Kier molecular flexibility index (Phi) is 34.0. The van der Waals surface area contributed by atoms with Crippen LogP contribution in [-0.4, -0.2) is 215 Å². The van der Waals surface area contributed by atoms with E-state index in [2.05, 4.69) is 63.5 Å². The van der Waals surface area contributed by atoms with Crippen LogP contribution in [0.25, 0.3) is 0 Å². The number of amides is 14. The van der Waals surface area contributed by atoms with Crippen molar-refractivity contribution >= 4 is 100 Å². The van der Waals surface area contributed by atoms with E-state index < -0.39 is 174 Å². The van der Waals surface area contributed by atoms with Crippen LogP contribution in [0.3, 0.4) is 0 Å². The Balaban J connectivity index is 2.12. The minimum Gasteiger partial charge on any atom is -0.508 e. The molecule has 94 heavy (non-hydrogen) atoms. The van der Waals surface area contributed by atoms with E-state index >= 15 is 0 Å². The van der Waals surface area contributed by atoms with Crippen molar-refractivity contribution in [1.29, 1.82) is 0 Å². The second kappa shape index (κ2) is 40.3. The minimum atomic E-state index is -1.73. The number of carbonyl (C=O) groups excluding carboxylic acids is 14. The second-order valence-corrected chi connectivity index (χ2v) is 25.0. The molecule has 0 spiro atoms. The molecule has 1 aromatic rings. The predicted molar refractivity (Wildman–Crippen MR) is 344 cm³/mol. The lowest BCUT2D eigenvalue weighted by atomic mass is 9.99. The lowest BCUT2D eigenvalue weighted by Crippen LogP contribution is -2.61. The normalized spacial score (nSPS) is 25.1. The molecular weight excluding hydrogens is 1250 g/mol. The molecule has 3 rings (SSSR count). The molecule has 0 bridgehead atoms. The van der Waals surface area contributed by atoms with Crippen molar-refractivity contribution in [1.82, 2.24) is 63.4 Å². The Bertz CT molecular complexity index is 2840. The zero-order chi connectivity index (χ0) is 70.4. The third kappa shape index (κ3) is 28.6. The van der Waals surface area contributed by atoms with Gasteiger partial charge in [0.05, 0.1) is 24.9 Å². The summed E-state index contributed by atoms with van der Waals surface area (Å²) in [5.74, 6) is -14.1. The smallest absolute Gasteiger partial charge is 0.245 e. The first-order valence-corrected chi connectivity index (χ1v) is 32.4. The summed E-state index contributed by atoms with van der Waals surface area (Å²) in [4.78, 5) is 197. The van der Waals surface area contributed by atoms with E-state index in [0.29, 0.717) is 24.8 Å². The predicted octanol–water partition coefficient (Wildman–Crippen LogP) is -6.31. The number of hydrogen-bond donors (Lipinski definition) is 18. The number of carbonyl (C=O) groups is 14. The van der Waals surface area contributed by atoms with Gasteiger partial charge in [-0.1, -0.05) is 39.8 Å². The van der Waals surface area contributed by atoms with Crippen molar-refractivity contribution in [2.24, 2.45) is 45.5 Å². The van der Waals surface area contributed by atoms with E-state index in [0.717, 1.165) is 11.8 Å². The molecule has 34 nitrogen and oxygen atoms in total. The summed E-state index contributed by atoms with van der Waals surface area (Å²) in [7, 11) is 0. The zero-order valence-electron chi connectivity index (χ0n) is 54.0. The zero-order valence-corrected chi connectivity index (χ0v) is 54.9. The first-order chi connectivity index (χ1) is 44.3. The van der Waals surface area contributed by atoms with E-state index in [1.54, 1.807) is 27.7 Å². The highest BCUT2D eigenvalue weighted by atomic mass is 32.2. The van der Waals surface area contributed by atoms with E-state index in [1.807, 2.05) is 0 Å². The molecule has 0 unspecified atom stereocenters. The number of phenolic OH excluding ortho intramolecular Hbond substituents is 1. The molecule has 524 valence electrons. The van der Waals surface area contributed by atoms with Crippen LogP contribution in [0.2, 0.25) is 0 Å². The molecule has 35 heteroatoms. The van der Waals surface area contributed by atoms with Gasteiger partial charge in [0.15, 0.2) is 5.96 Å². The molecule has 2 aliphatic rings. The number of aliphatic hydroxyl groups excluding tert-OH is 1. The largest absolute Gasteiger partial charge is 0.508 e. The van der Waals surface area contributed by atoms with Gasteiger partial charge in [-0.25, -0.2) is 0 Å². The van der Waals surface area contributed by atoms with Crippen LogP contribution in [0, 0.1) is 11.8 Å². The quantitative estimate of drug-likeness (QED) is 0.0348. The summed E-state index contributed by atoms with van der Waals surface area (Å²) in [5.41, 5.74) is 28.4. The molecule has 2 saturated heterocycles. The van der Waals surface area contributed by atoms with E-state index in [4.69, 9.17) is 28.7 Å². The summed E-state index contributed by atoms with van der Waals surface area (Å²) in [5, 5.41) is 48.4. The second-order valence-electron chi connectivity index (χ2n) is 24.0. The number of fused-ring (bicyclic) bond motifs is 1. The van der Waals surface area contributed by atoms with Crippen molar-refractivity contribution < 1.29 is 77.3 Å². The first-order valence-electron chi connectivity index (χ1n) is 31.2. The van der Waals surface area contributed by atoms with Gasteiger partial charge >= 0.3 is 0 Å². The molecule has 1 aromatic carbocycles. The number of unbranched alkanes of at least 4 members (excludes halogenated alkanes) is 1. The van der Waals surface area contributed by atoms with Crippen LogP contribution in [0.5, 0.6) is 5.75 Å². The molecule has 0 saturated carbocycles. The molecule has 0 aliphatic carbocycles. The Hall–Kier alpha value is -8.86. The average Bonchev–Trinajstić information content (AvgIpc) is 1.59. The summed E-state index contributed by atoms with van der Waals surface area (Å²) < 4.78 is 0. The number of nitrogens with zero attached hydrogens (tertiary/aromatic N) is 2. The lowest BCUT2D eigenvalue weighted by Gasteiger charge is -2.32. The third-order valence-corrected chi connectivity index (χ3v) is 15.9. The monoisotopic (exact) mass is 1340 g/mol. The Labute approximate surface area is 549 Å². The summed E-state index contributed by atoms with van der Waals surface area (Å²) >= 11 is 0.825. The Morgan fingerprint density at radius 1 is 0.606 bits per heavy atom. The number of nitrogens with two attached hydrogens (primary N) is 5. The highest BCUT2D eigenvalue weighted by Gasteiger charge is 2.41. The van der Waals surface area contributed by atoms with Crippen molar-refractivity contribution in [2.75, 3.05) is 44.2 Å². The van der Waals surface area contributed by atoms with Crippen molar-refractivity contribution in [3.8, 4) is 5.75 Å². The number of nitrogens with one attached hydrogen (secondary N) is 11. The number of aliphatic imine (C=N–C) groups is 1. The molecule has 2 fully saturated rings. The fourth-order valence-corrected chi connectivity index (χ4v) is 10.8. The molecule has 0 radical (unpaired) electrons. The molecule has 14 amide bonds. The number of hydrogen-bond acceptors (Lipinski definition) is 19. The standard InChI is InChI=1S/C59H96N18O16S/c1-30(2)23-39-53(88)72-36(12-9-21-65-59(63)64)52(87)74-40(24-31(3)4)54(89)73-38(11-7-8-20-60)58(93)77-22-10-13-43(77)56(91)76-48(33(6)78)57(92)68-32(5)50(85)71-37(18-19-44(61)80)51(86)67-26-45(81)66-27-46(82)70-42(49(62)84)28-94-29-47(83)69-41(55(90)75-39)25-34-14-16-35(79)17-15-34/h14-17,30-33,36-43,48,78-79H,7-13,18-29,60H2,1-6H3,(H2,61,80)(H2,62,84)(H,66,81)(H,67,86)(H,68,92)(H,69,83)(H,70,82)(H,71,85)(H,72,88)(H,73,89)(H,74,87)(H,75,90)(H,76,91)(H4,63,64,65)/t32-,33+,36-,37-,38-,39-,40-,41-,42-,43-,48-/m0/s1. The van der Waals surface area contributed by atoms with Gasteiger partial charge in [-0.3, -0.25) is 72.1 Å². The Morgan fingerprint density at radius 2 is 1.16 bits per heavy atom. The number of benzene rings is 1. The highest BCUT2D eigenvalue weighted by Crippen LogP contribution is 2.22. The van der Waals surface area contributed by atoms with Gasteiger partial charge in [0.2, 0.25) is 82.7 Å². The number of guanidine groups is 1. The van der Waals surface area contributed by atoms with E-state index in [1.165, 1.54) is 43.0 Å². The molecule has 2 aliphatic heterocycles. The molecule has 23 N–H and O–H groups in total. The molecular formula is C59H96N18O16S. The van der Waals surface area contributed by atoms with E-state index in [-0.39, 0.29) is 100 Å². The summed E-state index contributed by atoms with van der Waals surface area (Å²) in [6, 6.07) is -8.49. The van der Waals surface area contributed by atoms with Gasteiger partial charge in [0.25, 0.3) is 0 Å². The number of aromatic hydroxyl groups is 1. The number of thioether (sulfide) groups is 1. The minimum absolute atomic E-state index is 0.00330. The highest BCUT2D eigenvalue weighted by molar-refractivity contribution is 8.00. The van der Waals surface area contributed by atoms with Gasteiger partial charge in [0, 0.05) is 31.7 Å². The van der Waals surface area contributed by atoms with Crippen LogP contribution in [0.15, 0.2) is 29.3 Å². The molecule has 2 heterocycles. The third-order valence-electron chi connectivity index (χ3n) is 14.9.